The lowest BCUT2D eigenvalue weighted by molar-refractivity contribution is 0.827. The zero-order valence-electron chi connectivity index (χ0n) is 7.58. The Bertz CT molecular complexity index is 465. The van der Waals surface area contributed by atoms with Crippen LogP contribution in [0.2, 0.25) is 0 Å². The zero-order valence-corrected chi connectivity index (χ0v) is 8.40. The van der Waals surface area contributed by atoms with Crippen LogP contribution in [0.4, 0.5) is 0 Å². The van der Waals surface area contributed by atoms with Crippen LogP contribution in [0.3, 0.4) is 0 Å². The van der Waals surface area contributed by atoms with Crippen molar-refractivity contribution in [3.8, 4) is 0 Å². The predicted molar refractivity (Wildman–Crippen MR) is 57.2 cm³/mol. The van der Waals surface area contributed by atoms with Gasteiger partial charge in [-0.25, -0.2) is 0 Å². The van der Waals surface area contributed by atoms with E-state index in [1.807, 2.05) is 25.3 Å². The molecule has 5 heteroatoms. The molecule has 0 aliphatic rings. The number of nitrogens with zero attached hydrogens (tertiary/aromatic N) is 4. The molecule has 1 atom stereocenters. The summed E-state index contributed by atoms with van der Waals surface area (Å²) in [7, 11) is 0. The SMILES string of the molecule is CC(N=[N+]=[N-])c1cc2cnccc2s1. The van der Waals surface area contributed by atoms with Crippen LogP contribution in [0.25, 0.3) is 20.5 Å². The Kier molecular flexibility index (Phi) is 2.35. The second kappa shape index (κ2) is 3.65. The summed E-state index contributed by atoms with van der Waals surface area (Å²) >= 11 is 1.64. The molecule has 0 aromatic carbocycles. The average Bonchev–Trinajstić information content (AvgIpc) is 2.61. The molecule has 2 rings (SSSR count). The van der Waals surface area contributed by atoms with Gasteiger partial charge in [-0.3, -0.25) is 4.98 Å². The van der Waals surface area contributed by atoms with Crippen molar-refractivity contribution in [1.29, 1.82) is 0 Å². The molecular formula is C9H8N4S. The molecule has 4 nitrogen and oxygen atoms in total. The first kappa shape index (κ1) is 8.99. The van der Waals surface area contributed by atoms with Crippen molar-refractivity contribution in [2.75, 3.05) is 0 Å². The maximum atomic E-state index is 8.32. The van der Waals surface area contributed by atoms with E-state index in [2.05, 4.69) is 15.0 Å². The van der Waals surface area contributed by atoms with Gasteiger partial charge in [0, 0.05) is 32.3 Å². The van der Waals surface area contributed by atoms with Gasteiger partial charge in [-0.1, -0.05) is 12.0 Å². The molecule has 14 heavy (non-hydrogen) atoms. The summed E-state index contributed by atoms with van der Waals surface area (Å²) in [6.45, 7) is 1.89. The smallest absolute Gasteiger partial charge is 0.0691 e. The number of pyridine rings is 1. The first-order valence-corrected chi connectivity index (χ1v) is 5.00. The van der Waals surface area contributed by atoms with E-state index >= 15 is 0 Å². The van der Waals surface area contributed by atoms with Crippen molar-refractivity contribution in [1.82, 2.24) is 4.98 Å². The molecule has 0 spiro atoms. The molecule has 0 saturated heterocycles. The van der Waals surface area contributed by atoms with Gasteiger partial charge < -0.3 is 0 Å². The maximum Gasteiger partial charge on any atom is 0.0691 e. The summed E-state index contributed by atoms with van der Waals surface area (Å²) < 4.78 is 1.18. The molecule has 0 aliphatic carbocycles. The molecule has 0 bridgehead atoms. The van der Waals surface area contributed by atoms with E-state index in [0.29, 0.717) is 0 Å². The van der Waals surface area contributed by atoms with Crippen LogP contribution in [-0.2, 0) is 0 Å². The van der Waals surface area contributed by atoms with E-state index in [0.717, 1.165) is 10.3 Å². The van der Waals surface area contributed by atoms with Gasteiger partial charge in [0.1, 0.15) is 0 Å². The summed E-state index contributed by atoms with van der Waals surface area (Å²) in [5.74, 6) is 0. The van der Waals surface area contributed by atoms with Gasteiger partial charge in [0.15, 0.2) is 0 Å². The van der Waals surface area contributed by atoms with E-state index in [1.165, 1.54) is 4.70 Å². The van der Waals surface area contributed by atoms with Crippen molar-refractivity contribution >= 4 is 21.4 Å². The summed E-state index contributed by atoms with van der Waals surface area (Å²) in [6, 6.07) is 3.89. The van der Waals surface area contributed by atoms with E-state index < -0.39 is 0 Å². The molecule has 0 saturated carbocycles. The van der Waals surface area contributed by atoms with Crippen molar-refractivity contribution in [2.45, 2.75) is 13.0 Å². The predicted octanol–water partition coefficient (Wildman–Crippen LogP) is 3.67. The van der Waals surface area contributed by atoms with Crippen LogP contribution in [0.15, 0.2) is 29.6 Å². The third kappa shape index (κ3) is 1.55. The van der Waals surface area contributed by atoms with Gasteiger partial charge in [0.05, 0.1) is 6.04 Å². The van der Waals surface area contributed by atoms with Crippen LogP contribution < -0.4 is 0 Å². The number of rotatable bonds is 2. The highest BCUT2D eigenvalue weighted by molar-refractivity contribution is 7.19. The van der Waals surface area contributed by atoms with Crippen LogP contribution in [-0.4, -0.2) is 4.98 Å². The lowest BCUT2D eigenvalue weighted by Gasteiger charge is -1.96. The van der Waals surface area contributed by atoms with Gasteiger partial charge in [0.2, 0.25) is 0 Å². The minimum Gasteiger partial charge on any atom is -0.264 e. The fourth-order valence-corrected chi connectivity index (χ4v) is 2.26. The largest absolute Gasteiger partial charge is 0.264 e. The molecular weight excluding hydrogens is 196 g/mol. The highest BCUT2D eigenvalue weighted by Crippen LogP contribution is 2.30. The number of azide groups is 1. The fourth-order valence-electron chi connectivity index (χ4n) is 1.25. The van der Waals surface area contributed by atoms with Crippen molar-refractivity contribution in [3.63, 3.8) is 0 Å². The summed E-state index contributed by atoms with van der Waals surface area (Å²) in [5, 5.41) is 4.76. The van der Waals surface area contributed by atoms with E-state index in [9.17, 15) is 0 Å². The van der Waals surface area contributed by atoms with Crippen LogP contribution in [0.5, 0.6) is 0 Å². The Hall–Kier alpha value is -1.58. The molecule has 2 heterocycles. The minimum absolute atomic E-state index is 0.0996. The second-order valence-corrected chi connectivity index (χ2v) is 4.06. The number of thiophene rings is 1. The Morgan fingerprint density at radius 1 is 1.64 bits per heavy atom. The monoisotopic (exact) mass is 204 g/mol. The topological polar surface area (TPSA) is 61.7 Å². The van der Waals surface area contributed by atoms with Gasteiger partial charge in [0.25, 0.3) is 0 Å². The van der Waals surface area contributed by atoms with Crippen LogP contribution in [0.1, 0.15) is 17.8 Å². The van der Waals surface area contributed by atoms with E-state index in [-0.39, 0.29) is 6.04 Å². The molecule has 0 aliphatic heterocycles. The quantitative estimate of drug-likeness (QED) is 0.418. The highest BCUT2D eigenvalue weighted by atomic mass is 32.1. The summed E-state index contributed by atoms with van der Waals surface area (Å²) in [5.41, 5.74) is 8.32. The molecule has 0 N–H and O–H groups in total. The molecule has 0 radical (unpaired) electrons. The van der Waals surface area contributed by atoms with Crippen molar-refractivity contribution < 1.29 is 0 Å². The second-order valence-electron chi connectivity index (χ2n) is 2.94. The number of hydrogen-bond donors (Lipinski definition) is 0. The molecule has 0 amide bonds. The number of aromatic nitrogens is 1. The minimum atomic E-state index is -0.0996. The highest BCUT2D eigenvalue weighted by Gasteiger charge is 2.07. The Morgan fingerprint density at radius 3 is 3.21 bits per heavy atom. The van der Waals surface area contributed by atoms with Crippen LogP contribution in [0, 0.1) is 0 Å². The van der Waals surface area contributed by atoms with Crippen molar-refractivity contribution in [3.05, 3.63) is 39.8 Å². The lowest BCUT2D eigenvalue weighted by atomic mass is 10.2. The summed E-state index contributed by atoms with van der Waals surface area (Å²) in [6.07, 6.45) is 3.58. The standard InChI is InChI=1S/C9H8N4S/c1-6(12-13-10)9-4-7-5-11-3-2-8(7)14-9/h2-6H,1H3. The Morgan fingerprint density at radius 2 is 2.50 bits per heavy atom. The third-order valence-electron chi connectivity index (χ3n) is 1.97. The molecule has 0 fully saturated rings. The lowest BCUT2D eigenvalue weighted by Crippen LogP contribution is -1.80. The van der Waals surface area contributed by atoms with Gasteiger partial charge in [-0.15, -0.1) is 11.3 Å². The van der Waals surface area contributed by atoms with E-state index in [4.69, 9.17) is 5.53 Å². The van der Waals surface area contributed by atoms with Crippen molar-refractivity contribution in [2.24, 2.45) is 5.11 Å². The van der Waals surface area contributed by atoms with Gasteiger partial charge in [-0.05, 0) is 17.7 Å². The first-order valence-electron chi connectivity index (χ1n) is 4.19. The zero-order chi connectivity index (χ0) is 9.97. The molecule has 1 unspecified atom stereocenters. The number of hydrogen-bond acceptors (Lipinski definition) is 3. The average molecular weight is 204 g/mol. The molecule has 2 aromatic heterocycles. The van der Waals surface area contributed by atoms with Crippen LogP contribution >= 0.6 is 11.3 Å². The molecule has 2 aromatic rings. The normalized spacial score (nSPS) is 12.4. The third-order valence-corrected chi connectivity index (χ3v) is 3.26. The first-order chi connectivity index (χ1) is 6.81. The van der Waals surface area contributed by atoms with E-state index in [1.54, 1.807) is 17.5 Å². The Balaban J connectivity index is 2.49. The Labute approximate surface area is 84.8 Å². The summed E-state index contributed by atoms with van der Waals surface area (Å²) in [4.78, 5) is 7.91. The molecule has 70 valence electrons. The van der Waals surface area contributed by atoms with Gasteiger partial charge in [-0.2, -0.15) is 0 Å². The fraction of sp³-hybridized carbons (Fsp3) is 0.222. The van der Waals surface area contributed by atoms with Gasteiger partial charge >= 0.3 is 0 Å². The number of fused-ring (bicyclic) bond motifs is 1. The maximum absolute atomic E-state index is 8.32.